The Morgan fingerprint density at radius 1 is 0.698 bits per heavy atom. The van der Waals surface area contributed by atoms with Gasteiger partial charge in [-0.1, -0.05) is 92.7 Å². The van der Waals surface area contributed by atoms with Crippen LogP contribution in [0.4, 0.5) is 0 Å². The highest BCUT2D eigenvalue weighted by Gasteiger charge is 2.38. The minimum Gasteiger partial charge on any atom is -0.361 e. The van der Waals surface area contributed by atoms with Crippen molar-refractivity contribution in [1.29, 1.82) is 0 Å². The van der Waals surface area contributed by atoms with Crippen molar-refractivity contribution in [3.8, 4) is 0 Å². The topological polar surface area (TPSA) is 173 Å². The molecule has 332 valence electrons. The predicted octanol–water partition coefficient (Wildman–Crippen LogP) is 4.64. The summed E-state index contributed by atoms with van der Waals surface area (Å²) in [5.74, 6) is -2.59. The van der Waals surface area contributed by atoms with Gasteiger partial charge in [0.05, 0.1) is 18.6 Å². The molecular weight excluding hydrogens is 795 g/mol. The number of aromatic nitrogens is 1. The summed E-state index contributed by atoms with van der Waals surface area (Å²) in [6.45, 7) is 8.45. The van der Waals surface area contributed by atoms with Crippen LogP contribution < -0.4 is 21.3 Å². The number of H-pyrrole nitrogens is 1. The van der Waals surface area contributed by atoms with Gasteiger partial charge in [-0.25, -0.2) is 0 Å². The van der Waals surface area contributed by atoms with Crippen LogP contribution in [0.1, 0.15) is 82.1 Å². The molecule has 0 spiro atoms. The second kappa shape index (κ2) is 20.4. The molecule has 3 aliphatic rings. The lowest BCUT2D eigenvalue weighted by Crippen LogP contribution is -2.57. The molecule has 13 heteroatoms. The van der Waals surface area contributed by atoms with E-state index in [1.54, 1.807) is 0 Å². The van der Waals surface area contributed by atoms with Crippen LogP contribution in [0, 0.1) is 5.92 Å². The van der Waals surface area contributed by atoms with Gasteiger partial charge in [0.2, 0.25) is 29.5 Å². The number of nitrogens with one attached hydrogen (secondary N) is 5. The summed E-state index contributed by atoms with van der Waals surface area (Å²) >= 11 is 0. The number of hydrogen-bond acceptors (Lipinski definition) is 7. The number of allylic oxidation sites excluding steroid dienone is 1. The molecule has 2 fully saturated rings. The predicted molar refractivity (Wildman–Crippen MR) is 243 cm³/mol. The number of para-hydroxylation sites is 1. The minimum atomic E-state index is -1.04. The van der Waals surface area contributed by atoms with E-state index in [1.165, 1.54) is 10.5 Å². The van der Waals surface area contributed by atoms with Crippen LogP contribution >= 0.6 is 0 Å². The highest BCUT2D eigenvalue weighted by molar-refractivity contribution is 5.97. The number of fused-ring (bicyclic) bond motifs is 2. The molecule has 4 aromatic rings. The second-order valence-corrected chi connectivity index (χ2v) is 17.7. The molecular formula is C50H61N7O6. The maximum Gasteiger partial charge on any atom is 0.243 e. The van der Waals surface area contributed by atoms with E-state index in [-0.39, 0.29) is 49.1 Å². The molecule has 0 unspecified atom stereocenters. The molecule has 0 saturated carbocycles. The Morgan fingerprint density at radius 2 is 1.37 bits per heavy atom. The first-order valence-corrected chi connectivity index (χ1v) is 22.5. The summed E-state index contributed by atoms with van der Waals surface area (Å²) in [6, 6.07) is 21.3. The van der Waals surface area contributed by atoms with E-state index in [9.17, 15) is 28.8 Å². The smallest absolute Gasteiger partial charge is 0.243 e. The van der Waals surface area contributed by atoms with Crippen LogP contribution in [-0.4, -0.2) is 106 Å². The molecule has 2 aliphatic heterocycles. The first-order valence-electron chi connectivity index (χ1n) is 22.5. The zero-order valence-electron chi connectivity index (χ0n) is 36.8. The highest BCUT2D eigenvalue weighted by Crippen LogP contribution is 2.31. The van der Waals surface area contributed by atoms with Gasteiger partial charge in [-0.2, -0.15) is 0 Å². The van der Waals surface area contributed by atoms with E-state index in [0.29, 0.717) is 32.2 Å². The molecule has 13 nitrogen and oxygen atoms in total. The molecule has 3 aromatic carbocycles. The number of carbonyl (C=O) groups is 6. The molecule has 2 saturated heterocycles. The molecule has 1 aromatic heterocycles. The van der Waals surface area contributed by atoms with Gasteiger partial charge in [0.15, 0.2) is 5.78 Å². The van der Waals surface area contributed by atoms with Crippen molar-refractivity contribution in [1.82, 2.24) is 36.1 Å². The van der Waals surface area contributed by atoms with E-state index < -0.39 is 47.8 Å². The Balaban J connectivity index is 1.03. The van der Waals surface area contributed by atoms with Gasteiger partial charge in [-0.15, -0.1) is 0 Å². The number of benzene rings is 3. The minimum absolute atomic E-state index is 0.104. The summed E-state index contributed by atoms with van der Waals surface area (Å²) in [5, 5.41) is 12.7. The van der Waals surface area contributed by atoms with Crippen molar-refractivity contribution < 1.29 is 28.8 Å². The highest BCUT2D eigenvalue weighted by atomic mass is 16.2. The molecule has 7 rings (SSSR count). The molecule has 5 amide bonds. The maximum atomic E-state index is 14.2. The van der Waals surface area contributed by atoms with Crippen LogP contribution in [0.5, 0.6) is 0 Å². The van der Waals surface area contributed by atoms with E-state index in [4.69, 9.17) is 0 Å². The number of nitrogens with zero attached hydrogens (tertiary/aromatic N) is 2. The molecule has 63 heavy (non-hydrogen) atoms. The summed E-state index contributed by atoms with van der Waals surface area (Å²) in [5.41, 5.74) is 5.83. The fourth-order valence-electron chi connectivity index (χ4n) is 9.40. The summed E-state index contributed by atoms with van der Waals surface area (Å²) in [7, 11) is 0. The van der Waals surface area contributed by atoms with Gasteiger partial charge in [0.1, 0.15) is 18.1 Å². The fraction of sp³-hybridized carbons (Fsp3) is 0.440. The van der Waals surface area contributed by atoms with Crippen LogP contribution in [0.15, 0.2) is 91.1 Å². The summed E-state index contributed by atoms with van der Waals surface area (Å²) in [4.78, 5) is 90.4. The van der Waals surface area contributed by atoms with Crippen LogP contribution in [0.25, 0.3) is 16.5 Å². The third-order valence-corrected chi connectivity index (χ3v) is 12.8. The van der Waals surface area contributed by atoms with E-state index in [0.717, 1.165) is 52.6 Å². The number of hydrogen-bond donors (Lipinski definition) is 5. The van der Waals surface area contributed by atoms with E-state index in [2.05, 4.69) is 57.1 Å². The normalized spacial score (nSPS) is 18.8. The lowest BCUT2D eigenvalue weighted by Gasteiger charge is -2.29. The average molecular weight is 856 g/mol. The third kappa shape index (κ3) is 10.8. The van der Waals surface area contributed by atoms with Crippen molar-refractivity contribution in [2.45, 2.75) is 115 Å². The number of aromatic amines is 1. The van der Waals surface area contributed by atoms with Crippen molar-refractivity contribution in [3.05, 3.63) is 113 Å². The van der Waals surface area contributed by atoms with Crippen molar-refractivity contribution in [2.75, 3.05) is 19.6 Å². The molecule has 3 heterocycles. The van der Waals surface area contributed by atoms with Crippen LogP contribution in [-0.2, 0) is 48.0 Å². The van der Waals surface area contributed by atoms with E-state index >= 15 is 0 Å². The molecule has 1 aliphatic carbocycles. The van der Waals surface area contributed by atoms with Crippen molar-refractivity contribution in [2.24, 2.45) is 5.92 Å². The van der Waals surface area contributed by atoms with E-state index in [1.807, 2.05) is 92.8 Å². The third-order valence-electron chi connectivity index (χ3n) is 12.8. The zero-order chi connectivity index (χ0) is 44.6. The average Bonchev–Trinajstić information content (AvgIpc) is 4.12. The Labute approximate surface area is 369 Å². The van der Waals surface area contributed by atoms with Gasteiger partial charge in [0.25, 0.3) is 0 Å². The van der Waals surface area contributed by atoms with Gasteiger partial charge in [0, 0.05) is 54.9 Å². The Hall–Kier alpha value is -6.08. The lowest BCUT2D eigenvalue weighted by atomic mass is 9.92. The first kappa shape index (κ1) is 45.0. The second-order valence-electron chi connectivity index (χ2n) is 17.7. The maximum absolute atomic E-state index is 14.2. The lowest BCUT2D eigenvalue weighted by molar-refractivity contribution is -0.140. The molecule has 5 atom stereocenters. The Bertz CT molecular complexity index is 2340. The summed E-state index contributed by atoms with van der Waals surface area (Å²) in [6.07, 6.45) is 7.92. The standard InChI is InChI=1S/C50H61N7O6/c1-31(2)46(59)40(27-35-23-22-34-16-8-9-17-37(34)35)53-48(61)41(26-33-14-6-5-7-15-33)54-50(63)44-21-13-25-57(44)45(58)30-52-47(60)42(28-36-29-51-39-19-11-10-18-38(36)39)55-49(62)43-20-12-24-56(43)32(3)4/h5-11,14-19,23,29,31-32,40-44,51H,12-13,20-22,24-28,30H2,1-4H3,(H,52,60)(H,53,61)(H,54,63)(H,55,62)/t40-,41-,42-,43-,44-/m0/s1. The number of Topliss-reactive ketones (excluding diaryl/α,β-unsaturated/α-hetero) is 1. The summed E-state index contributed by atoms with van der Waals surface area (Å²) < 4.78 is 0. The van der Waals surface area contributed by atoms with Gasteiger partial charge in [-0.05, 0) is 86.4 Å². The molecule has 5 N–H and O–H groups in total. The molecule has 0 radical (unpaired) electrons. The quantitative estimate of drug-likeness (QED) is 0.0971. The van der Waals surface area contributed by atoms with Crippen LogP contribution in [0.3, 0.4) is 0 Å². The fourth-order valence-corrected chi connectivity index (χ4v) is 9.40. The number of rotatable bonds is 18. The van der Waals surface area contributed by atoms with Crippen LogP contribution in [0.2, 0.25) is 0 Å². The Kier molecular flexibility index (Phi) is 14.6. The monoisotopic (exact) mass is 855 g/mol. The number of carbonyl (C=O) groups excluding carboxylic acids is 6. The zero-order valence-corrected chi connectivity index (χ0v) is 36.8. The number of likely N-dealkylation sites (tertiary alicyclic amines) is 2. The first-order chi connectivity index (χ1) is 30.4. The largest absolute Gasteiger partial charge is 0.361 e. The number of ketones is 1. The molecule has 0 bridgehead atoms. The van der Waals surface area contributed by atoms with Gasteiger partial charge in [-0.3, -0.25) is 33.7 Å². The SMILES string of the molecule is CC(C)C(=O)[C@H](CC1=CCc2ccccc21)NC(=O)[C@H](Cc1ccccc1)NC(=O)[C@@H]1CCCN1C(=O)CNC(=O)[C@H](Cc1c[nH]c2ccccc12)NC(=O)[C@@H]1CCCN1C(C)C. The van der Waals surface area contributed by atoms with Gasteiger partial charge < -0.3 is 31.2 Å². The number of amides is 5. The van der Waals surface area contributed by atoms with Crippen molar-refractivity contribution in [3.63, 3.8) is 0 Å². The van der Waals surface area contributed by atoms with Gasteiger partial charge >= 0.3 is 0 Å². The Morgan fingerprint density at radius 3 is 2.13 bits per heavy atom. The van der Waals surface area contributed by atoms with Crippen molar-refractivity contribution >= 4 is 51.8 Å².